The van der Waals surface area contributed by atoms with Gasteiger partial charge in [-0.25, -0.2) is 0 Å². The molecule has 13 heavy (non-hydrogen) atoms. The summed E-state index contributed by atoms with van der Waals surface area (Å²) in [5.41, 5.74) is -0.694. The molecule has 0 fully saturated rings. The molecule has 0 rings (SSSR count). The van der Waals surface area contributed by atoms with Crippen molar-refractivity contribution in [2.24, 2.45) is 0 Å². The highest BCUT2D eigenvalue weighted by Crippen LogP contribution is 2.51. The molecule has 0 aliphatic rings. The monoisotopic (exact) mass is 231 g/mol. The van der Waals surface area contributed by atoms with Crippen LogP contribution in [0.3, 0.4) is 0 Å². The summed E-state index contributed by atoms with van der Waals surface area (Å²) in [6, 6.07) is 0. The Kier molecular flexibility index (Phi) is 3.87. The first-order chi connectivity index (χ1) is 5.54. The van der Waals surface area contributed by atoms with Crippen LogP contribution in [-0.2, 0) is 9.13 Å². The molecule has 78 valence electrons. The second kappa shape index (κ2) is 3.92. The topological polar surface area (TPSA) is 118 Å². The zero-order valence-corrected chi connectivity index (χ0v) is 8.81. The van der Waals surface area contributed by atoms with Crippen LogP contribution in [0.2, 0.25) is 0 Å². The summed E-state index contributed by atoms with van der Waals surface area (Å²) in [5.74, 6) is 0.258. The molecule has 7 nitrogen and oxygen atoms in total. The zero-order valence-electron chi connectivity index (χ0n) is 7.02. The lowest BCUT2D eigenvalue weighted by molar-refractivity contribution is 0.358. The van der Waals surface area contributed by atoms with Gasteiger partial charge in [0, 0.05) is 14.1 Å². The van der Waals surface area contributed by atoms with E-state index in [0.29, 0.717) is 0 Å². The van der Waals surface area contributed by atoms with E-state index in [1.807, 2.05) is 0 Å². The molecular formula is C4H11NO6P2. The predicted octanol–water partition coefficient (Wildman–Crippen LogP) is -0.298. The molecule has 0 heterocycles. The van der Waals surface area contributed by atoms with Gasteiger partial charge in [-0.3, -0.25) is 9.13 Å². The van der Waals surface area contributed by atoms with E-state index in [9.17, 15) is 9.13 Å². The third-order valence-electron chi connectivity index (χ3n) is 1.04. The first kappa shape index (κ1) is 12.8. The third kappa shape index (κ3) is 5.21. The normalized spacial score (nSPS) is 14.5. The van der Waals surface area contributed by atoms with Crippen molar-refractivity contribution in [3.63, 3.8) is 0 Å². The van der Waals surface area contributed by atoms with Gasteiger partial charge in [0.1, 0.15) is 5.44 Å². The largest absolute Gasteiger partial charge is 0.372 e. The molecule has 9 heteroatoms. The van der Waals surface area contributed by atoms with Gasteiger partial charge in [-0.05, 0) is 0 Å². The van der Waals surface area contributed by atoms with Crippen molar-refractivity contribution in [1.29, 1.82) is 0 Å². The van der Waals surface area contributed by atoms with Crippen LogP contribution in [0.15, 0.2) is 11.3 Å². The van der Waals surface area contributed by atoms with E-state index in [4.69, 9.17) is 19.6 Å². The van der Waals surface area contributed by atoms with E-state index >= 15 is 0 Å². The molecule has 0 atom stereocenters. The van der Waals surface area contributed by atoms with Gasteiger partial charge in [0.05, 0.1) is 5.82 Å². The maximum Gasteiger partial charge on any atom is 0.372 e. The highest BCUT2D eigenvalue weighted by molar-refractivity contribution is 7.60. The summed E-state index contributed by atoms with van der Waals surface area (Å²) < 4.78 is 21.1. The van der Waals surface area contributed by atoms with Crippen LogP contribution in [-0.4, -0.2) is 38.6 Å². The number of nitrogens with zero attached hydrogens (tertiary/aromatic N) is 1. The summed E-state index contributed by atoms with van der Waals surface area (Å²) in [4.78, 5) is 35.2. The van der Waals surface area contributed by atoms with Crippen molar-refractivity contribution < 1.29 is 28.7 Å². The van der Waals surface area contributed by atoms with Crippen molar-refractivity contribution in [3.8, 4) is 0 Å². The Bertz CT molecular complexity index is 298. The average Bonchev–Trinajstić information content (AvgIpc) is 1.77. The molecule has 0 saturated carbocycles. The fourth-order valence-electron chi connectivity index (χ4n) is 0.602. The molecule has 0 unspecified atom stereocenters. The Morgan fingerprint density at radius 3 is 1.62 bits per heavy atom. The second-order valence-electron chi connectivity index (χ2n) is 2.51. The SMILES string of the molecule is CN(C)C(=CP(=O)(O)O)P(=O)(O)O. The third-order valence-corrected chi connectivity index (χ3v) is 2.95. The zero-order chi connectivity index (χ0) is 10.9. The Labute approximate surface area is 75.0 Å². The summed E-state index contributed by atoms with van der Waals surface area (Å²) in [7, 11) is -6.65. The number of rotatable bonds is 3. The fourth-order valence-corrected chi connectivity index (χ4v) is 2.71. The Morgan fingerprint density at radius 1 is 1.15 bits per heavy atom. The number of hydrogen-bond donors (Lipinski definition) is 4. The molecule has 0 aromatic rings. The van der Waals surface area contributed by atoms with Crippen LogP contribution >= 0.6 is 15.2 Å². The molecule has 0 aromatic heterocycles. The minimum atomic E-state index is -4.63. The summed E-state index contributed by atoms with van der Waals surface area (Å²) in [6.45, 7) is 0. The van der Waals surface area contributed by atoms with E-state index in [2.05, 4.69) is 0 Å². The molecule has 0 saturated heterocycles. The predicted molar refractivity (Wildman–Crippen MR) is 45.9 cm³/mol. The summed E-state index contributed by atoms with van der Waals surface area (Å²) in [5, 5.41) is 0. The average molecular weight is 231 g/mol. The van der Waals surface area contributed by atoms with Crippen LogP contribution < -0.4 is 0 Å². The van der Waals surface area contributed by atoms with Crippen LogP contribution in [0.5, 0.6) is 0 Å². The Balaban J connectivity index is 5.19. The molecule has 0 radical (unpaired) electrons. The molecule has 0 aromatic carbocycles. The highest BCUT2D eigenvalue weighted by atomic mass is 31.2. The Morgan fingerprint density at radius 2 is 1.54 bits per heavy atom. The van der Waals surface area contributed by atoms with Crippen molar-refractivity contribution in [1.82, 2.24) is 4.90 Å². The van der Waals surface area contributed by atoms with Gasteiger partial charge in [0.15, 0.2) is 0 Å². The van der Waals surface area contributed by atoms with E-state index in [-0.39, 0.29) is 5.82 Å². The smallest absolute Gasteiger partial charge is 0.371 e. The standard InChI is InChI=1S/C4H11NO6P2/c1-5(2)4(13(9,10)11)3-12(6,7)8/h3H,1-2H3,(H2,6,7,8)(H2,9,10,11). The van der Waals surface area contributed by atoms with Gasteiger partial charge in [-0.1, -0.05) is 0 Å². The van der Waals surface area contributed by atoms with Crippen LogP contribution in [0.4, 0.5) is 0 Å². The summed E-state index contributed by atoms with van der Waals surface area (Å²) >= 11 is 0. The van der Waals surface area contributed by atoms with Crippen molar-refractivity contribution in [3.05, 3.63) is 11.3 Å². The van der Waals surface area contributed by atoms with Gasteiger partial charge < -0.3 is 24.5 Å². The van der Waals surface area contributed by atoms with E-state index in [1.165, 1.54) is 14.1 Å². The first-order valence-electron chi connectivity index (χ1n) is 3.05. The molecule has 0 bridgehead atoms. The highest BCUT2D eigenvalue weighted by Gasteiger charge is 2.26. The molecular weight excluding hydrogens is 220 g/mol. The molecule has 4 N–H and O–H groups in total. The van der Waals surface area contributed by atoms with Crippen LogP contribution in [0.1, 0.15) is 0 Å². The van der Waals surface area contributed by atoms with Gasteiger partial charge in [0.25, 0.3) is 0 Å². The van der Waals surface area contributed by atoms with Gasteiger partial charge >= 0.3 is 15.2 Å². The van der Waals surface area contributed by atoms with Crippen molar-refractivity contribution in [2.45, 2.75) is 0 Å². The molecule has 0 aliphatic carbocycles. The Hall–Kier alpha value is -0.160. The minimum Gasteiger partial charge on any atom is -0.371 e. The van der Waals surface area contributed by atoms with E-state index in [1.54, 1.807) is 0 Å². The lowest BCUT2D eigenvalue weighted by Gasteiger charge is -2.17. The maximum absolute atomic E-state index is 10.7. The maximum atomic E-state index is 10.7. The first-order valence-corrected chi connectivity index (χ1v) is 6.35. The molecule has 0 amide bonds. The minimum absolute atomic E-state index is 0.258. The van der Waals surface area contributed by atoms with Crippen LogP contribution in [0, 0.1) is 0 Å². The fraction of sp³-hybridized carbons (Fsp3) is 0.500. The van der Waals surface area contributed by atoms with Gasteiger partial charge in [-0.15, -0.1) is 0 Å². The van der Waals surface area contributed by atoms with Crippen molar-refractivity contribution in [2.75, 3.05) is 14.1 Å². The van der Waals surface area contributed by atoms with E-state index in [0.717, 1.165) is 4.90 Å². The molecule has 0 aliphatic heterocycles. The van der Waals surface area contributed by atoms with Gasteiger partial charge in [0.2, 0.25) is 0 Å². The van der Waals surface area contributed by atoms with Crippen molar-refractivity contribution >= 4 is 15.2 Å². The quantitative estimate of drug-likeness (QED) is 0.492. The van der Waals surface area contributed by atoms with Crippen LogP contribution in [0.25, 0.3) is 0 Å². The summed E-state index contributed by atoms with van der Waals surface area (Å²) in [6.07, 6.45) is 0. The lowest BCUT2D eigenvalue weighted by Crippen LogP contribution is -2.11. The second-order valence-corrected chi connectivity index (χ2v) is 5.50. The van der Waals surface area contributed by atoms with E-state index < -0.39 is 20.6 Å². The van der Waals surface area contributed by atoms with Gasteiger partial charge in [-0.2, -0.15) is 0 Å². The number of hydrogen-bond acceptors (Lipinski definition) is 3. The lowest BCUT2D eigenvalue weighted by atomic mass is 10.8. The molecule has 0 spiro atoms.